The summed E-state index contributed by atoms with van der Waals surface area (Å²) in [5, 5.41) is 11.9. The number of pyridine rings is 1. The summed E-state index contributed by atoms with van der Waals surface area (Å²) in [6.07, 6.45) is 3.25. The van der Waals surface area contributed by atoms with Gasteiger partial charge in [-0.05, 0) is 31.0 Å². The molecule has 0 spiro atoms. The summed E-state index contributed by atoms with van der Waals surface area (Å²) in [5.74, 6) is 0.972. The van der Waals surface area contributed by atoms with E-state index in [1.165, 1.54) is 5.56 Å². The van der Waals surface area contributed by atoms with Crippen molar-refractivity contribution in [2.45, 2.75) is 25.5 Å². The van der Waals surface area contributed by atoms with Gasteiger partial charge in [-0.3, -0.25) is 4.40 Å². The van der Waals surface area contributed by atoms with Gasteiger partial charge < -0.3 is 10.1 Å². The molecule has 2 atom stereocenters. The zero-order valence-corrected chi connectivity index (χ0v) is 10.1. The third-order valence-electron chi connectivity index (χ3n) is 3.33. The number of hydrogen-bond acceptors (Lipinski definition) is 4. The van der Waals surface area contributed by atoms with Gasteiger partial charge in [0.2, 0.25) is 0 Å². The Morgan fingerprint density at radius 2 is 2.35 bits per heavy atom. The Hall–Kier alpha value is -1.46. The van der Waals surface area contributed by atoms with Gasteiger partial charge in [0, 0.05) is 19.9 Å². The smallest absolute Gasteiger partial charge is 0.161 e. The van der Waals surface area contributed by atoms with Gasteiger partial charge in [-0.2, -0.15) is 0 Å². The van der Waals surface area contributed by atoms with Crippen LogP contribution in [-0.2, 0) is 4.74 Å². The van der Waals surface area contributed by atoms with Crippen LogP contribution in [0.25, 0.3) is 5.65 Å². The molecule has 1 aliphatic heterocycles. The van der Waals surface area contributed by atoms with Crippen LogP contribution in [0.5, 0.6) is 0 Å². The molecule has 0 saturated carbocycles. The molecule has 3 heterocycles. The summed E-state index contributed by atoms with van der Waals surface area (Å²) in [4.78, 5) is 0. The van der Waals surface area contributed by atoms with E-state index in [0.717, 1.165) is 24.4 Å². The van der Waals surface area contributed by atoms with Gasteiger partial charge in [-0.15, -0.1) is 10.2 Å². The third-order valence-corrected chi connectivity index (χ3v) is 3.33. The Labute approximate surface area is 99.8 Å². The van der Waals surface area contributed by atoms with Crippen molar-refractivity contribution in [2.75, 3.05) is 13.7 Å². The molecule has 0 bridgehead atoms. The normalized spacial score (nSPS) is 24.6. The highest BCUT2D eigenvalue weighted by molar-refractivity contribution is 5.41. The number of methoxy groups -OCH3 is 1. The molecule has 2 aromatic heterocycles. The highest BCUT2D eigenvalue weighted by Crippen LogP contribution is 2.23. The fraction of sp³-hybridized carbons (Fsp3) is 0.500. The Morgan fingerprint density at radius 1 is 1.47 bits per heavy atom. The van der Waals surface area contributed by atoms with Crippen LogP contribution >= 0.6 is 0 Å². The van der Waals surface area contributed by atoms with E-state index in [9.17, 15) is 0 Å². The lowest BCUT2D eigenvalue weighted by Gasteiger charge is -2.08. The summed E-state index contributed by atoms with van der Waals surface area (Å²) in [6, 6.07) is 4.35. The van der Waals surface area contributed by atoms with Crippen LogP contribution < -0.4 is 5.32 Å². The molecule has 0 radical (unpaired) electrons. The van der Waals surface area contributed by atoms with Crippen LogP contribution in [0.4, 0.5) is 0 Å². The summed E-state index contributed by atoms with van der Waals surface area (Å²) in [6.45, 7) is 2.94. The van der Waals surface area contributed by atoms with E-state index in [1.54, 1.807) is 7.11 Å². The first-order chi connectivity index (χ1) is 8.28. The molecular formula is C12H16N4O. The van der Waals surface area contributed by atoms with Crippen molar-refractivity contribution in [2.24, 2.45) is 0 Å². The van der Waals surface area contributed by atoms with Gasteiger partial charge in [0.05, 0.1) is 12.1 Å². The second-order valence-electron chi connectivity index (χ2n) is 4.54. The lowest BCUT2D eigenvalue weighted by atomic mass is 10.2. The van der Waals surface area contributed by atoms with Crippen LogP contribution in [0, 0.1) is 6.92 Å². The van der Waals surface area contributed by atoms with Gasteiger partial charge in [0.15, 0.2) is 11.5 Å². The van der Waals surface area contributed by atoms with E-state index in [-0.39, 0.29) is 12.1 Å². The first-order valence-corrected chi connectivity index (χ1v) is 5.85. The molecule has 1 fully saturated rings. The molecule has 1 N–H and O–H groups in total. The maximum absolute atomic E-state index is 5.35. The lowest BCUT2D eigenvalue weighted by Crippen LogP contribution is -2.17. The minimum Gasteiger partial charge on any atom is -0.380 e. The van der Waals surface area contributed by atoms with Gasteiger partial charge in [0.25, 0.3) is 0 Å². The predicted molar refractivity (Wildman–Crippen MR) is 63.9 cm³/mol. The Balaban J connectivity index is 1.96. The molecule has 5 nitrogen and oxygen atoms in total. The topological polar surface area (TPSA) is 51.5 Å². The molecular weight excluding hydrogens is 216 g/mol. The third kappa shape index (κ3) is 1.81. The number of fused-ring (bicyclic) bond motifs is 1. The predicted octanol–water partition coefficient (Wildman–Crippen LogP) is 1.09. The van der Waals surface area contributed by atoms with E-state index in [0.29, 0.717) is 0 Å². The second-order valence-corrected chi connectivity index (χ2v) is 4.54. The Bertz CT molecular complexity index is 536. The molecule has 2 unspecified atom stereocenters. The molecule has 1 aliphatic rings. The molecule has 2 aromatic rings. The van der Waals surface area contributed by atoms with Gasteiger partial charge in [0.1, 0.15) is 0 Å². The number of nitrogens with one attached hydrogen (secondary N) is 1. The fourth-order valence-electron chi connectivity index (χ4n) is 2.33. The van der Waals surface area contributed by atoms with Crippen LogP contribution in [0.3, 0.4) is 0 Å². The van der Waals surface area contributed by atoms with Crippen molar-refractivity contribution in [3.63, 3.8) is 0 Å². The van der Waals surface area contributed by atoms with E-state index < -0.39 is 0 Å². The molecule has 0 aliphatic carbocycles. The van der Waals surface area contributed by atoms with Crippen molar-refractivity contribution in [3.8, 4) is 0 Å². The standard InChI is InChI=1S/C12H16N4O/c1-8-3-4-16-11(5-8)14-15-12(16)10-6-9(17-2)7-13-10/h3-5,9-10,13H,6-7H2,1-2H3. The quantitative estimate of drug-likeness (QED) is 0.842. The van der Waals surface area contributed by atoms with Crippen LogP contribution in [0.15, 0.2) is 18.3 Å². The minimum atomic E-state index is 0.234. The number of hydrogen-bond donors (Lipinski definition) is 1. The largest absolute Gasteiger partial charge is 0.380 e. The maximum atomic E-state index is 5.35. The molecule has 90 valence electrons. The summed E-state index contributed by atoms with van der Waals surface area (Å²) >= 11 is 0. The van der Waals surface area contributed by atoms with Crippen molar-refractivity contribution < 1.29 is 4.74 Å². The summed E-state index contributed by atoms with van der Waals surface area (Å²) in [7, 11) is 1.75. The summed E-state index contributed by atoms with van der Waals surface area (Å²) in [5.41, 5.74) is 2.10. The fourth-order valence-corrected chi connectivity index (χ4v) is 2.33. The zero-order valence-electron chi connectivity index (χ0n) is 10.1. The lowest BCUT2D eigenvalue weighted by molar-refractivity contribution is 0.117. The molecule has 0 aromatic carbocycles. The molecule has 0 amide bonds. The zero-order chi connectivity index (χ0) is 11.8. The van der Waals surface area contributed by atoms with Crippen molar-refractivity contribution >= 4 is 5.65 Å². The average molecular weight is 232 g/mol. The number of rotatable bonds is 2. The van der Waals surface area contributed by atoms with E-state index in [4.69, 9.17) is 4.74 Å². The first-order valence-electron chi connectivity index (χ1n) is 5.85. The Kier molecular flexibility index (Phi) is 2.57. The highest BCUT2D eigenvalue weighted by atomic mass is 16.5. The van der Waals surface area contributed by atoms with Gasteiger partial charge in [-0.25, -0.2) is 0 Å². The Morgan fingerprint density at radius 3 is 3.12 bits per heavy atom. The van der Waals surface area contributed by atoms with E-state index in [2.05, 4.69) is 28.5 Å². The first kappa shape index (κ1) is 10.7. The van der Waals surface area contributed by atoms with E-state index in [1.807, 2.05) is 16.7 Å². The number of nitrogens with zero attached hydrogens (tertiary/aromatic N) is 3. The maximum Gasteiger partial charge on any atom is 0.161 e. The molecule has 5 heteroatoms. The SMILES string of the molecule is COC1CNC(c2nnc3cc(C)ccn23)C1. The average Bonchev–Trinajstić information content (AvgIpc) is 2.93. The number of aryl methyl sites for hydroxylation is 1. The number of aromatic nitrogens is 3. The monoisotopic (exact) mass is 232 g/mol. The summed E-state index contributed by atoms with van der Waals surface area (Å²) < 4.78 is 7.40. The highest BCUT2D eigenvalue weighted by Gasteiger charge is 2.28. The van der Waals surface area contributed by atoms with Crippen molar-refractivity contribution in [1.82, 2.24) is 19.9 Å². The molecule has 1 saturated heterocycles. The number of ether oxygens (including phenoxy) is 1. The minimum absolute atomic E-state index is 0.234. The molecule has 3 rings (SSSR count). The molecule has 17 heavy (non-hydrogen) atoms. The van der Waals surface area contributed by atoms with Gasteiger partial charge >= 0.3 is 0 Å². The van der Waals surface area contributed by atoms with E-state index >= 15 is 0 Å². The second kappa shape index (κ2) is 4.09. The van der Waals surface area contributed by atoms with Crippen LogP contribution in [0.1, 0.15) is 23.9 Å². The van der Waals surface area contributed by atoms with Crippen molar-refractivity contribution in [1.29, 1.82) is 0 Å². The van der Waals surface area contributed by atoms with Crippen molar-refractivity contribution in [3.05, 3.63) is 29.7 Å². The van der Waals surface area contributed by atoms with Crippen LogP contribution in [-0.4, -0.2) is 34.4 Å². The van der Waals surface area contributed by atoms with Gasteiger partial charge in [-0.1, -0.05) is 0 Å². The van der Waals surface area contributed by atoms with Crippen LogP contribution in [0.2, 0.25) is 0 Å².